The van der Waals surface area contributed by atoms with Crippen molar-refractivity contribution in [3.63, 3.8) is 0 Å². The van der Waals surface area contributed by atoms with Crippen molar-refractivity contribution in [2.45, 2.75) is 18.5 Å². The standard InChI is InChI=1S/C22H23N3O4/c1-28-16-9-7-14(8-10-16)19-18-20(24-12-4-11-23(19)24)22(27)25(21(18)26)15-5-3-6-17(13-15)29-2/h3,5-10,13,18-20H,4,11-12H2,1-2H3/t18-,19+,20+/m0/s1. The number of amides is 2. The van der Waals surface area contributed by atoms with Gasteiger partial charge in [0.25, 0.3) is 5.91 Å². The Labute approximate surface area is 169 Å². The van der Waals surface area contributed by atoms with E-state index in [1.807, 2.05) is 24.3 Å². The third-order valence-electron chi connectivity index (χ3n) is 6.17. The van der Waals surface area contributed by atoms with E-state index in [4.69, 9.17) is 9.47 Å². The van der Waals surface area contributed by atoms with Gasteiger partial charge in [0.2, 0.25) is 5.91 Å². The molecule has 7 heteroatoms. The topological polar surface area (TPSA) is 62.3 Å². The predicted octanol–water partition coefficient (Wildman–Crippen LogP) is 2.24. The number of anilines is 1. The number of hydrogen-bond acceptors (Lipinski definition) is 6. The monoisotopic (exact) mass is 393 g/mol. The van der Waals surface area contributed by atoms with Crippen molar-refractivity contribution in [1.82, 2.24) is 10.0 Å². The molecule has 0 spiro atoms. The Bertz CT molecular complexity index is 961. The molecular weight excluding hydrogens is 370 g/mol. The molecule has 29 heavy (non-hydrogen) atoms. The maximum absolute atomic E-state index is 13.5. The van der Waals surface area contributed by atoms with Crippen LogP contribution in [0.2, 0.25) is 0 Å². The molecular formula is C22H23N3O4. The minimum absolute atomic E-state index is 0.150. The average molecular weight is 393 g/mol. The number of imide groups is 1. The number of fused-ring (bicyclic) bond motifs is 3. The summed E-state index contributed by atoms with van der Waals surface area (Å²) in [5, 5.41) is 4.30. The average Bonchev–Trinajstić information content (AvgIpc) is 3.40. The SMILES string of the molecule is COc1ccc([C@@H]2[C@@H]3C(=O)N(c4cccc(OC)c4)C(=O)[C@@H]3N3CCCN23)cc1. The van der Waals surface area contributed by atoms with Gasteiger partial charge in [0.15, 0.2) is 0 Å². The molecule has 2 aromatic carbocycles. The molecule has 3 heterocycles. The number of methoxy groups -OCH3 is 2. The maximum atomic E-state index is 13.5. The molecule has 0 unspecified atom stereocenters. The highest BCUT2D eigenvalue weighted by atomic mass is 16.5. The van der Waals surface area contributed by atoms with Gasteiger partial charge in [-0.1, -0.05) is 18.2 Å². The minimum atomic E-state index is -0.455. The van der Waals surface area contributed by atoms with Gasteiger partial charge in [0.05, 0.1) is 31.9 Å². The lowest BCUT2D eigenvalue weighted by molar-refractivity contribution is -0.126. The van der Waals surface area contributed by atoms with Gasteiger partial charge < -0.3 is 9.47 Å². The molecule has 2 amide bonds. The lowest BCUT2D eigenvalue weighted by Gasteiger charge is -2.29. The van der Waals surface area contributed by atoms with Crippen molar-refractivity contribution in [3.8, 4) is 11.5 Å². The van der Waals surface area contributed by atoms with Crippen LogP contribution in [0.3, 0.4) is 0 Å². The van der Waals surface area contributed by atoms with Crippen LogP contribution >= 0.6 is 0 Å². The fourth-order valence-electron chi connectivity index (χ4n) is 4.92. The van der Waals surface area contributed by atoms with Crippen molar-refractivity contribution in [2.24, 2.45) is 5.92 Å². The summed E-state index contributed by atoms with van der Waals surface area (Å²) in [6, 6.07) is 14.3. The van der Waals surface area contributed by atoms with Gasteiger partial charge in [-0.15, -0.1) is 0 Å². The molecule has 2 aromatic rings. The van der Waals surface area contributed by atoms with Crippen LogP contribution in [0.4, 0.5) is 5.69 Å². The summed E-state index contributed by atoms with van der Waals surface area (Å²) in [6.45, 7) is 1.64. The Hall–Kier alpha value is -2.90. The zero-order valence-electron chi connectivity index (χ0n) is 16.4. The van der Waals surface area contributed by atoms with Crippen molar-refractivity contribution in [1.29, 1.82) is 0 Å². The Morgan fingerprint density at radius 3 is 2.21 bits per heavy atom. The third kappa shape index (κ3) is 2.65. The summed E-state index contributed by atoms with van der Waals surface area (Å²) >= 11 is 0. The van der Waals surface area contributed by atoms with Crippen LogP contribution in [0.25, 0.3) is 0 Å². The zero-order valence-corrected chi connectivity index (χ0v) is 16.4. The quantitative estimate of drug-likeness (QED) is 0.743. The molecule has 0 saturated carbocycles. The molecule has 3 aliphatic rings. The first kappa shape index (κ1) is 18.1. The molecule has 150 valence electrons. The second-order valence-electron chi connectivity index (χ2n) is 7.58. The fourth-order valence-corrected chi connectivity index (χ4v) is 4.92. The second-order valence-corrected chi connectivity index (χ2v) is 7.58. The van der Waals surface area contributed by atoms with Crippen LogP contribution in [0, 0.1) is 5.92 Å². The molecule has 7 nitrogen and oxygen atoms in total. The molecule has 3 aliphatic heterocycles. The van der Waals surface area contributed by atoms with E-state index in [0.29, 0.717) is 11.4 Å². The largest absolute Gasteiger partial charge is 0.497 e. The fraction of sp³-hybridized carbons (Fsp3) is 0.364. The van der Waals surface area contributed by atoms with Crippen LogP contribution in [0.5, 0.6) is 11.5 Å². The molecule has 3 saturated heterocycles. The first-order valence-corrected chi connectivity index (χ1v) is 9.83. The van der Waals surface area contributed by atoms with E-state index in [2.05, 4.69) is 10.0 Å². The van der Waals surface area contributed by atoms with Crippen LogP contribution in [-0.4, -0.2) is 55.2 Å². The number of hydrogen-bond donors (Lipinski definition) is 0. The normalized spacial score (nSPS) is 26.7. The van der Waals surface area contributed by atoms with Crippen molar-refractivity contribution >= 4 is 17.5 Å². The van der Waals surface area contributed by atoms with Crippen molar-refractivity contribution in [2.75, 3.05) is 32.2 Å². The van der Waals surface area contributed by atoms with Gasteiger partial charge in [0.1, 0.15) is 17.5 Å². The molecule has 0 bridgehead atoms. The molecule has 0 aromatic heterocycles. The maximum Gasteiger partial charge on any atom is 0.253 e. The van der Waals surface area contributed by atoms with Gasteiger partial charge in [-0.3, -0.25) is 9.59 Å². The van der Waals surface area contributed by atoms with Gasteiger partial charge in [0, 0.05) is 19.2 Å². The van der Waals surface area contributed by atoms with E-state index >= 15 is 0 Å². The lowest BCUT2D eigenvalue weighted by Crippen LogP contribution is -2.44. The van der Waals surface area contributed by atoms with Crippen LogP contribution in [0.1, 0.15) is 18.0 Å². The number of benzene rings is 2. The van der Waals surface area contributed by atoms with Crippen LogP contribution in [0.15, 0.2) is 48.5 Å². The molecule has 0 radical (unpaired) electrons. The number of ether oxygens (including phenoxy) is 2. The number of carbonyl (C=O) groups is 2. The lowest BCUT2D eigenvalue weighted by atomic mass is 9.90. The van der Waals surface area contributed by atoms with Gasteiger partial charge in [-0.2, -0.15) is 0 Å². The molecule has 0 N–H and O–H groups in total. The van der Waals surface area contributed by atoms with E-state index in [9.17, 15) is 9.59 Å². The van der Waals surface area contributed by atoms with E-state index < -0.39 is 12.0 Å². The highest BCUT2D eigenvalue weighted by Gasteiger charge is 2.62. The summed E-state index contributed by atoms with van der Waals surface area (Å²) in [7, 11) is 3.21. The Morgan fingerprint density at radius 2 is 1.52 bits per heavy atom. The summed E-state index contributed by atoms with van der Waals surface area (Å²) in [6.07, 6.45) is 0.983. The minimum Gasteiger partial charge on any atom is -0.497 e. The van der Waals surface area contributed by atoms with Gasteiger partial charge >= 0.3 is 0 Å². The van der Waals surface area contributed by atoms with E-state index in [1.54, 1.807) is 38.5 Å². The second kappa shape index (κ2) is 6.86. The predicted molar refractivity (Wildman–Crippen MR) is 107 cm³/mol. The number of carbonyl (C=O) groups excluding carboxylic acids is 2. The number of hydrazine groups is 1. The summed E-state index contributed by atoms with van der Waals surface area (Å²) in [5.41, 5.74) is 1.59. The first-order chi connectivity index (χ1) is 14.1. The Balaban J connectivity index is 1.55. The molecule has 5 rings (SSSR count). The molecule has 3 atom stereocenters. The van der Waals surface area contributed by atoms with Gasteiger partial charge in [-0.25, -0.2) is 14.9 Å². The number of nitrogens with zero attached hydrogens (tertiary/aromatic N) is 3. The van der Waals surface area contributed by atoms with Crippen LogP contribution in [-0.2, 0) is 9.59 Å². The van der Waals surface area contributed by atoms with Gasteiger partial charge in [-0.05, 0) is 36.2 Å². The van der Waals surface area contributed by atoms with E-state index in [1.165, 1.54) is 4.90 Å². The number of rotatable bonds is 4. The van der Waals surface area contributed by atoms with E-state index in [0.717, 1.165) is 30.8 Å². The smallest absolute Gasteiger partial charge is 0.253 e. The Morgan fingerprint density at radius 1 is 0.828 bits per heavy atom. The highest BCUT2D eigenvalue weighted by Crippen LogP contribution is 2.49. The summed E-state index contributed by atoms with van der Waals surface area (Å²) < 4.78 is 10.6. The molecule has 0 aliphatic carbocycles. The summed E-state index contributed by atoms with van der Waals surface area (Å²) in [4.78, 5) is 28.3. The summed E-state index contributed by atoms with van der Waals surface area (Å²) in [5.74, 6) is 0.658. The molecule has 3 fully saturated rings. The van der Waals surface area contributed by atoms with Crippen molar-refractivity contribution in [3.05, 3.63) is 54.1 Å². The van der Waals surface area contributed by atoms with E-state index in [-0.39, 0.29) is 17.9 Å². The Kier molecular flexibility index (Phi) is 4.29. The van der Waals surface area contributed by atoms with Crippen LogP contribution < -0.4 is 14.4 Å². The first-order valence-electron chi connectivity index (χ1n) is 9.83. The van der Waals surface area contributed by atoms with Crippen molar-refractivity contribution < 1.29 is 19.1 Å². The third-order valence-corrected chi connectivity index (χ3v) is 6.17. The highest BCUT2D eigenvalue weighted by molar-refractivity contribution is 6.24. The zero-order chi connectivity index (χ0) is 20.1.